The molecule has 0 aromatic carbocycles. The van der Waals surface area contributed by atoms with Crippen molar-refractivity contribution in [2.45, 2.75) is 71.1 Å². The summed E-state index contributed by atoms with van der Waals surface area (Å²) < 4.78 is 0. The number of unbranched alkanes of at least 4 members (excludes halogenated alkanes) is 5. The van der Waals surface area contributed by atoms with Crippen LogP contribution in [0.1, 0.15) is 71.1 Å². The van der Waals surface area contributed by atoms with Crippen LogP contribution < -0.4 is 0 Å². The highest BCUT2D eigenvalue weighted by Gasteiger charge is 2.07. The summed E-state index contributed by atoms with van der Waals surface area (Å²) in [6, 6.07) is 0. The Bertz CT molecular complexity index is 577. The maximum absolute atomic E-state index is 11.1. The topological polar surface area (TPSA) is 103 Å². The lowest BCUT2D eigenvalue weighted by molar-refractivity contribution is -0.427. The molecule has 0 N–H and O–H groups in total. The van der Waals surface area contributed by atoms with Crippen molar-refractivity contribution in [3.63, 3.8) is 0 Å². The van der Waals surface area contributed by atoms with E-state index in [4.69, 9.17) is 0 Å². The van der Waals surface area contributed by atoms with Gasteiger partial charge < -0.3 is 4.79 Å². The van der Waals surface area contributed by atoms with Crippen LogP contribution in [0, 0.1) is 20.2 Å². The van der Waals surface area contributed by atoms with Crippen LogP contribution in [-0.2, 0) is 4.79 Å². The second-order valence-corrected chi connectivity index (χ2v) is 6.04. The Hall–Kier alpha value is -2.57. The number of carbonyl (C=O) groups excluding carboxylic acids is 1. The molecule has 0 heterocycles. The van der Waals surface area contributed by atoms with Crippen molar-refractivity contribution in [1.82, 2.24) is 0 Å². The molecule has 0 aromatic rings. The highest BCUT2D eigenvalue weighted by Crippen LogP contribution is 2.09. The van der Waals surface area contributed by atoms with Crippen LogP contribution in [0.2, 0.25) is 0 Å². The molecule has 0 fully saturated rings. The normalized spacial score (nSPS) is 12.8. The Morgan fingerprint density at radius 3 is 1.89 bits per heavy atom. The van der Waals surface area contributed by atoms with Crippen molar-refractivity contribution in [1.29, 1.82) is 0 Å². The van der Waals surface area contributed by atoms with Gasteiger partial charge in [-0.15, -0.1) is 0 Å². The lowest BCUT2D eigenvalue weighted by Gasteiger charge is -1.96. The van der Waals surface area contributed by atoms with E-state index in [2.05, 4.69) is 0 Å². The number of nitrogens with zero attached hydrogens (tertiary/aromatic N) is 2. The van der Waals surface area contributed by atoms with E-state index in [1.54, 1.807) is 25.2 Å². The molecule has 0 aliphatic heterocycles. The van der Waals surface area contributed by atoms with Crippen LogP contribution in [0.25, 0.3) is 0 Å². The zero-order valence-corrected chi connectivity index (χ0v) is 16.0. The fraction of sp³-hybridized carbons (Fsp3) is 0.550. The first-order chi connectivity index (χ1) is 13.0. The van der Waals surface area contributed by atoms with E-state index >= 15 is 0 Å². The quantitative estimate of drug-likeness (QED) is 0.115. The molecule has 0 aliphatic carbocycles. The summed E-state index contributed by atoms with van der Waals surface area (Å²) in [5.74, 6) is 0. The third-order valence-corrected chi connectivity index (χ3v) is 3.91. The summed E-state index contributed by atoms with van der Waals surface area (Å²) in [5.41, 5.74) is 0.275. The number of carbonyl (C=O) groups is 1. The molecule has 0 rings (SSSR count). The minimum absolute atomic E-state index is 0.124. The number of aldehydes is 1. The predicted molar refractivity (Wildman–Crippen MR) is 106 cm³/mol. The van der Waals surface area contributed by atoms with E-state index in [1.807, 2.05) is 12.2 Å². The summed E-state index contributed by atoms with van der Waals surface area (Å²) in [4.78, 5) is 31.1. The first kappa shape index (κ1) is 24.4. The summed E-state index contributed by atoms with van der Waals surface area (Å²) in [6.07, 6.45) is 18.5. The molecule has 27 heavy (non-hydrogen) atoms. The van der Waals surface area contributed by atoms with Gasteiger partial charge in [0, 0.05) is 12.8 Å². The van der Waals surface area contributed by atoms with E-state index in [0.29, 0.717) is 25.7 Å². The Labute approximate surface area is 160 Å². The maximum atomic E-state index is 11.1. The van der Waals surface area contributed by atoms with Crippen LogP contribution >= 0.6 is 0 Å². The molecule has 0 radical (unpaired) electrons. The molecule has 0 amide bonds. The van der Waals surface area contributed by atoms with Crippen molar-refractivity contribution in [2.24, 2.45) is 0 Å². The van der Waals surface area contributed by atoms with Gasteiger partial charge >= 0.3 is 0 Å². The van der Waals surface area contributed by atoms with Gasteiger partial charge in [-0.25, -0.2) is 0 Å². The summed E-state index contributed by atoms with van der Waals surface area (Å²) >= 11 is 0. The summed E-state index contributed by atoms with van der Waals surface area (Å²) in [5, 5.41) is 21.7. The molecule has 0 aliphatic rings. The van der Waals surface area contributed by atoms with Gasteiger partial charge in [0.25, 0.3) is 0 Å². The predicted octanol–water partition coefficient (Wildman–Crippen LogP) is 5.54. The molecule has 0 atom stereocenters. The number of nitro groups is 2. The number of allylic oxidation sites excluding steroid dienone is 7. The van der Waals surface area contributed by atoms with Gasteiger partial charge in [0.1, 0.15) is 6.29 Å². The minimum atomic E-state index is -0.409. The van der Waals surface area contributed by atoms with Gasteiger partial charge in [-0.1, -0.05) is 44.1 Å². The molecule has 0 bridgehead atoms. The first-order valence-corrected chi connectivity index (χ1v) is 9.43. The Morgan fingerprint density at radius 1 is 0.778 bits per heavy atom. The molecule has 0 unspecified atom stereocenters. The van der Waals surface area contributed by atoms with Crippen molar-refractivity contribution in [3.8, 4) is 0 Å². The van der Waals surface area contributed by atoms with Crippen molar-refractivity contribution >= 4 is 6.29 Å². The second kappa shape index (κ2) is 16.9. The van der Waals surface area contributed by atoms with Gasteiger partial charge in [0.05, 0.1) is 16.3 Å². The van der Waals surface area contributed by atoms with Gasteiger partial charge in [-0.05, 0) is 44.3 Å². The van der Waals surface area contributed by atoms with Crippen LogP contribution in [-0.4, -0.2) is 16.1 Å². The van der Waals surface area contributed by atoms with Crippen molar-refractivity contribution in [3.05, 3.63) is 68.1 Å². The molecular weight excluding hydrogens is 348 g/mol. The molecule has 150 valence electrons. The van der Waals surface area contributed by atoms with Gasteiger partial charge in [-0.2, -0.15) is 0 Å². The number of hydrogen-bond acceptors (Lipinski definition) is 5. The van der Waals surface area contributed by atoms with E-state index in [9.17, 15) is 25.0 Å². The molecule has 0 saturated carbocycles. The van der Waals surface area contributed by atoms with Crippen LogP contribution in [0.15, 0.2) is 47.9 Å². The molecule has 0 spiro atoms. The lowest BCUT2D eigenvalue weighted by atomic mass is 10.1. The monoisotopic (exact) mass is 378 g/mol. The van der Waals surface area contributed by atoms with Gasteiger partial charge in [-0.3, -0.25) is 20.2 Å². The summed E-state index contributed by atoms with van der Waals surface area (Å²) in [6.45, 7) is 1.72. The molecule has 7 heteroatoms. The highest BCUT2D eigenvalue weighted by molar-refractivity contribution is 5.48. The standard InChI is InChI=1S/C20H30N2O5/c1-2-19(21(24)25)15-12-10-13-17-20(22(26)27)16-11-8-6-4-3-5-7-9-14-18-23/h6,8,10,13,15-16,18H,2-5,7,9,11-12,14,17H2,1H3/b8-6+,13-10+,19-15-,20-16-. The number of rotatable bonds is 16. The van der Waals surface area contributed by atoms with E-state index in [-0.39, 0.29) is 17.8 Å². The van der Waals surface area contributed by atoms with E-state index in [0.717, 1.165) is 38.4 Å². The minimum Gasteiger partial charge on any atom is -0.303 e. The highest BCUT2D eigenvalue weighted by atomic mass is 16.6. The van der Waals surface area contributed by atoms with Gasteiger partial charge in [0.2, 0.25) is 11.4 Å². The Morgan fingerprint density at radius 2 is 1.33 bits per heavy atom. The molecule has 0 aromatic heterocycles. The third-order valence-electron chi connectivity index (χ3n) is 3.91. The van der Waals surface area contributed by atoms with Crippen LogP contribution in [0.3, 0.4) is 0 Å². The van der Waals surface area contributed by atoms with Gasteiger partial charge in [0.15, 0.2) is 0 Å². The van der Waals surface area contributed by atoms with E-state index in [1.165, 1.54) is 6.08 Å². The third kappa shape index (κ3) is 14.3. The average molecular weight is 378 g/mol. The van der Waals surface area contributed by atoms with Crippen LogP contribution in [0.4, 0.5) is 0 Å². The van der Waals surface area contributed by atoms with Crippen molar-refractivity contribution < 1.29 is 14.6 Å². The largest absolute Gasteiger partial charge is 0.303 e. The molecular formula is C20H30N2O5. The zero-order chi connectivity index (χ0) is 20.3. The molecule has 0 saturated heterocycles. The maximum Gasteiger partial charge on any atom is 0.246 e. The van der Waals surface area contributed by atoms with Crippen molar-refractivity contribution in [2.75, 3.05) is 0 Å². The smallest absolute Gasteiger partial charge is 0.246 e. The Balaban J connectivity index is 4.19. The molecule has 7 nitrogen and oxygen atoms in total. The summed E-state index contributed by atoms with van der Waals surface area (Å²) in [7, 11) is 0. The van der Waals surface area contributed by atoms with Crippen LogP contribution in [0.5, 0.6) is 0 Å². The second-order valence-electron chi connectivity index (χ2n) is 6.04. The fourth-order valence-corrected chi connectivity index (χ4v) is 2.35. The lowest BCUT2D eigenvalue weighted by Crippen LogP contribution is -1.97. The zero-order valence-electron chi connectivity index (χ0n) is 16.0. The van der Waals surface area contributed by atoms with E-state index < -0.39 is 9.85 Å². The number of hydrogen-bond donors (Lipinski definition) is 0. The first-order valence-electron chi connectivity index (χ1n) is 9.43. The Kier molecular flexibility index (Phi) is 15.3. The average Bonchev–Trinajstić information content (AvgIpc) is 2.63. The SMILES string of the molecule is CC/C(=C/C/C=C/C/C(=C/C/C=C/CCCCCCC=O)[N+](=O)[O-])[N+](=O)[O-]. The fourth-order valence-electron chi connectivity index (χ4n) is 2.35.